The summed E-state index contributed by atoms with van der Waals surface area (Å²) in [6.45, 7) is 2.44. The van der Waals surface area contributed by atoms with Crippen LogP contribution in [-0.4, -0.2) is 45.2 Å². The van der Waals surface area contributed by atoms with Gasteiger partial charge in [0.25, 0.3) is 0 Å². The molecule has 0 radical (unpaired) electrons. The van der Waals surface area contributed by atoms with Gasteiger partial charge in [-0.3, -0.25) is 9.69 Å². The molecule has 1 amide bonds. The van der Waals surface area contributed by atoms with E-state index in [4.69, 9.17) is 4.74 Å². The predicted octanol–water partition coefficient (Wildman–Crippen LogP) is 5.40. The van der Waals surface area contributed by atoms with Crippen LogP contribution in [0.25, 0.3) is 0 Å². The fourth-order valence-electron chi connectivity index (χ4n) is 4.17. The van der Waals surface area contributed by atoms with E-state index >= 15 is 0 Å². The number of carbonyl (C=O) groups excluding carboxylic acids is 1. The molecule has 0 unspecified atom stereocenters. The number of halogens is 4. The van der Waals surface area contributed by atoms with Crippen molar-refractivity contribution in [2.45, 2.75) is 43.9 Å². The third-order valence-corrected chi connectivity index (χ3v) is 7.31. The van der Waals surface area contributed by atoms with E-state index < -0.39 is 33.3 Å². The number of amides is 1. The molecule has 1 N–H and O–H groups in total. The summed E-state index contributed by atoms with van der Waals surface area (Å²) in [5.41, 5.74) is 0.759. The molecule has 0 spiro atoms. The highest BCUT2D eigenvalue weighted by atomic mass is 32.2. The summed E-state index contributed by atoms with van der Waals surface area (Å²) >= 11 is 0. The quantitative estimate of drug-likeness (QED) is 0.217. The molecule has 0 bridgehead atoms. The molecule has 6 nitrogen and oxygen atoms in total. The summed E-state index contributed by atoms with van der Waals surface area (Å²) < 4.78 is 84.6. The molecule has 0 aliphatic heterocycles. The molecular formula is C29H32F4N2O4S. The zero-order valence-corrected chi connectivity index (χ0v) is 23.1. The number of hydrogen-bond donors (Lipinski definition) is 1. The SMILES string of the molecule is CC(=O)NCc1c(F)cc(OCCCN(CCc2ccccc2)Cc2cccc(C(F)(F)F)c2)cc1S(C)(=O)=O. The van der Waals surface area contributed by atoms with E-state index in [1.807, 2.05) is 35.2 Å². The lowest BCUT2D eigenvalue weighted by molar-refractivity contribution is -0.137. The Kier molecular flexibility index (Phi) is 10.7. The molecule has 216 valence electrons. The second-order valence-electron chi connectivity index (χ2n) is 9.48. The number of ether oxygens (including phenoxy) is 1. The first-order valence-electron chi connectivity index (χ1n) is 12.6. The minimum Gasteiger partial charge on any atom is -0.493 e. The molecule has 40 heavy (non-hydrogen) atoms. The monoisotopic (exact) mass is 580 g/mol. The van der Waals surface area contributed by atoms with Gasteiger partial charge in [0.1, 0.15) is 11.6 Å². The molecule has 0 aliphatic carbocycles. The van der Waals surface area contributed by atoms with Gasteiger partial charge in [-0.05, 0) is 36.1 Å². The third-order valence-electron chi connectivity index (χ3n) is 6.15. The summed E-state index contributed by atoms with van der Waals surface area (Å²) in [5, 5.41) is 2.40. The second-order valence-corrected chi connectivity index (χ2v) is 11.5. The summed E-state index contributed by atoms with van der Waals surface area (Å²) in [6, 6.07) is 17.2. The van der Waals surface area contributed by atoms with E-state index in [-0.39, 0.29) is 29.4 Å². The van der Waals surface area contributed by atoms with Gasteiger partial charge in [-0.1, -0.05) is 48.5 Å². The molecule has 0 saturated carbocycles. The summed E-state index contributed by atoms with van der Waals surface area (Å²) in [6.07, 6.45) is -2.34. The molecule has 3 aromatic rings. The largest absolute Gasteiger partial charge is 0.493 e. The number of nitrogens with zero attached hydrogens (tertiary/aromatic N) is 1. The van der Waals surface area contributed by atoms with Crippen LogP contribution in [0.4, 0.5) is 17.6 Å². The van der Waals surface area contributed by atoms with Crippen molar-refractivity contribution in [1.82, 2.24) is 10.2 Å². The normalized spacial score (nSPS) is 12.0. The fourth-order valence-corrected chi connectivity index (χ4v) is 5.12. The Morgan fingerprint density at radius 1 is 0.975 bits per heavy atom. The average molecular weight is 581 g/mol. The van der Waals surface area contributed by atoms with E-state index in [0.717, 1.165) is 30.0 Å². The topological polar surface area (TPSA) is 75.7 Å². The molecular weight excluding hydrogens is 548 g/mol. The average Bonchev–Trinajstić information content (AvgIpc) is 2.88. The maximum absolute atomic E-state index is 14.8. The Balaban J connectivity index is 1.68. The summed E-state index contributed by atoms with van der Waals surface area (Å²) in [7, 11) is -3.81. The van der Waals surface area contributed by atoms with Gasteiger partial charge in [0.15, 0.2) is 9.84 Å². The van der Waals surface area contributed by atoms with Crippen molar-refractivity contribution in [2.24, 2.45) is 0 Å². The maximum atomic E-state index is 14.8. The van der Waals surface area contributed by atoms with E-state index in [1.165, 1.54) is 19.1 Å². The summed E-state index contributed by atoms with van der Waals surface area (Å²) in [5.74, 6) is -1.22. The first kappa shape index (κ1) is 31.1. The number of sulfone groups is 1. The number of carbonyl (C=O) groups is 1. The number of alkyl halides is 3. The number of hydrogen-bond acceptors (Lipinski definition) is 5. The van der Waals surface area contributed by atoms with Crippen molar-refractivity contribution in [3.63, 3.8) is 0 Å². The first-order chi connectivity index (χ1) is 18.8. The van der Waals surface area contributed by atoms with Gasteiger partial charge in [-0.15, -0.1) is 0 Å². The highest BCUT2D eigenvalue weighted by Crippen LogP contribution is 2.30. The molecule has 11 heteroatoms. The molecule has 0 atom stereocenters. The van der Waals surface area contributed by atoms with Gasteiger partial charge in [0.2, 0.25) is 5.91 Å². The third kappa shape index (κ3) is 9.63. The van der Waals surface area contributed by atoms with Crippen LogP contribution < -0.4 is 10.1 Å². The zero-order valence-electron chi connectivity index (χ0n) is 22.3. The van der Waals surface area contributed by atoms with Gasteiger partial charge in [0, 0.05) is 51.0 Å². The van der Waals surface area contributed by atoms with Crippen LogP contribution in [0.5, 0.6) is 5.75 Å². The molecule has 0 saturated heterocycles. The van der Waals surface area contributed by atoms with Crippen molar-refractivity contribution in [2.75, 3.05) is 26.0 Å². The Morgan fingerprint density at radius 3 is 2.33 bits per heavy atom. The Labute approximate surface area is 231 Å². The molecule has 0 heterocycles. The molecule has 0 aliphatic rings. The minimum atomic E-state index is -4.43. The standard InChI is InChI=1S/C29H32F4N2O4S/c1-21(36)34-19-26-27(30)17-25(18-28(26)40(2,37)38)39-15-7-13-35(14-12-22-8-4-3-5-9-22)20-23-10-6-11-24(16-23)29(31,32)33/h3-6,8-11,16-18H,7,12-15,19-20H2,1-2H3,(H,34,36). The minimum absolute atomic E-state index is 0.0261. The van der Waals surface area contributed by atoms with Crippen LogP contribution in [0.2, 0.25) is 0 Å². The van der Waals surface area contributed by atoms with Crippen molar-refractivity contribution < 1.29 is 35.5 Å². The lowest BCUT2D eigenvalue weighted by Crippen LogP contribution is -2.28. The Bertz CT molecular complexity index is 1400. The molecule has 0 fully saturated rings. The number of rotatable bonds is 13. The lowest BCUT2D eigenvalue weighted by atomic mass is 10.1. The van der Waals surface area contributed by atoms with Crippen molar-refractivity contribution in [3.05, 3.63) is 94.8 Å². The van der Waals surface area contributed by atoms with Crippen molar-refractivity contribution in [3.8, 4) is 5.75 Å². The van der Waals surface area contributed by atoms with Gasteiger partial charge >= 0.3 is 6.18 Å². The van der Waals surface area contributed by atoms with Gasteiger partial charge in [-0.2, -0.15) is 13.2 Å². The van der Waals surface area contributed by atoms with Crippen molar-refractivity contribution in [1.29, 1.82) is 0 Å². The van der Waals surface area contributed by atoms with Crippen LogP contribution in [0.3, 0.4) is 0 Å². The molecule has 0 aromatic heterocycles. The fraction of sp³-hybridized carbons (Fsp3) is 0.345. The van der Waals surface area contributed by atoms with E-state index in [2.05, 4.69) is 5.32 Å². The van der Waals surface area contributed by atoms with E-state index in [0.29, 0.717) is 38.0 Å². The van der Waals surface area contributed by atoms with Crippen LogP contribution >= 0.6 is 0 Å². The lowest BCUT2D eigenvalue weighted by Gasteiger charge is -2.23. The van der Waals surface area contributed by atoms with E-state index in [1.54, 1.807) is 6.07 Å². The number of benzene rings is 3. The van der Waals surface area contributed by atoms with Crippen LogP contribution in [0.15, 0.2) is 71.6 Å². The zero-order chi connectivity index (χ0) is 29.3. The van der Waals surface area contributed by atoms with Crippen molar-refractivity contribution >= 4 is 15.7 Å². The second kappa shape index (κ2) is 13.8. The first-order valence-corrected chi connectivity index (χ1v) is 14.5. The van der Waals surface area contributed by atoms with E-state index in [9.17, 15) is 30.8 Å². The van der Waals surface area contributed by atoms with Gasteiger partial charge in [0.05, 0.1) is 17.1 Å². The smallest absolute Gasteiger partial charge is 0.416 e. The summed E-state index contributed by atoms with van der Waals surface area (Å²) in [4.78, 5) is 13.0. The molecule has 3 aromatic carbocycles. The predicted molar refractivity (Wildman–Crippen MR) is 144 cm³/mol. The molecule has 3 rings (SSSR count). The Morgan fingerprint density at radius 2 is 1.68 bits per heavy atom. The van der Waals surface area contributed by atoms with Crippen LogP contribution in [-0.2, 0) is 40.3 Å². The number of nitrogens with one attached hydrogen (secondary N) is 1. The highest BCUT2D eigenvalue weighted by Gasteiger charge is 2.30. The van der Waals surface area contributed by atoms with Crippen LogP contribution in [0, 0.1) is 5.82 Å². The van der Waals surface area contributed by atoms with Gasteiger partial charge in [-0.25, -0.2) is 12.8 Å². The van der Waals surface area contributed by atoms with Gasteiger partial charge < -0.3 is 10.1 Å². The van der Waals surface area contributed by atoms with Crippen LogP contribution in [0.1, 0.15) is 35.6 Å². The highest BCUT2D eigenvalue weighted by molar-refractivity contribution is 7.90. The Hall–Kier alpha value is -3.44. The maximum Gasteiger partial charge on any atom is 0.416 e.